The third-order valence-corrected chi connectivity index (χ3v) is 7.18. The van der Waals surface area contributed by atoms with Crippen LogP contribution in [0.5, 0.6) is 5.75 Å². The highest BCUT2D eigenvalue weighted by molar-refractivity contribution is 7.93. The zero-order chi connectivity index (χ0) is 20.5. The van der Waals surface area contributed by atoms with Gasteiger partial charge in [0.2, 0.25) is 10.0 Å². The van der Waals surface area contributed by atoms with Gasteiger partial charge in [-0.2, -0.15) is 0 Å². The molecule has 1 aliphatic rings. The number of nitrogens with zero attached hydrogens (tertiary/aromatic N) is 1. The maximum Gasteiger partial charge on any atom is 0.265 e. The van der Waals surface area contributed by atoms with Crippen LogP contribution in [0.3, 0.4) is 0 Å². The highest BCUT2D eigenvalue weighted by atomic mass is 35.5. The smallest absolute Gasteiger partial charge is 0.265 e. The normalized spacial score (nSPS) is 16.6. The van der Waals surface area contributed by atoms with Gasteiger partial charge in [-0.1, -0.05) is 40.9 Å². The first kappa shape index (κ1) is 21.0. The Kier molecular flexibility index (Phi) is 6.29. The van der Waals surface area contributed by atoms with Gasteiger partial charge in [0.15, 0.2) is 6.10 Å². The van der Waals surface area contributed by atoms with E-state index in [4.69, 9.17) is 39.5 Å². The minimum Gasteiger partial charge on any atom is -0.479 e. The quantitative estimate of drug-likeness (QED) is 0.703. The summed E-state index contributed by atoms with van der Waals surface area (Å²) in [7, 11) is -3.34. The van der Waals surface area contributed by atoms with Crippen molar-refractivity contribution in [3.05, 3.63) is 51.5 Å². The number of benzene rings is 2. The average molecular weight is 464 g/mol. The van der Waals surface area contributed by atoms with Crippen molar-refractivity contribution in [1.82, 2.24) is 0 Å². The molecule has 1 atom stereocenters. The largest absolute Gasteiger partial charge is 0.479 e. The molecule has 3 rings (SSSR count). The molecule has 0 aliphatic carbocycles. The molecule has 1 N–H and O–H groups in total. The van der Waals surface area contributed by atoms with Gasteiger partial charge in [0.1, 0.15) is 10.8 Å². The molecule has 2 aromatic carbocycles. The van der Waals surface area contributed by atoms with Crippen LogP contribution in [0.15, 0.2) is 36.4 Å². The summed E-state index contributed by atoms with van der Waals surface area (Å²) < 4.78 is 31.1. The molecule has 1 aliphatic heterocycles. The molecule has 1 fully saturated rings. The molecule has 0 spiro atoms. The lowest BCUT2D eigenvalue weighted by atomic mass is 10.2. The molecule has 2 aromatic rings. The van der Waals surface area contributed by atoms with Gasteiger partial charge in [0.25, 0.3) is 5.91 Å². The average Bonchev–Trinajstić information content (AvgIpc) is 3.00. The van der Waals surface area contributed by atoms with Crippen molar-refractivity contribution in [2.45, 2.75) is 19.4 Å². The minimum atomic E-state index is -3.34. The number of halogens is 3. The summed E-state index contributed by atoms with van der Waals surface area (Å²) in [6.07, 6.45) is -0.344. The van der Waals surface area contributed by atoms with Crippen molar-refractivity contribution < 1.29 is 17.9 Å². The van der Waals surface area contributed by atoms with Crippen LogP contribution in [0.25, 0.3) is 0 Å². The Labute approximate surface area is 178 Å². The first-order valence-electron chi connectivity index (χ1n) is 8.40. The SMILES string of the molecule is CC(Oc1cccc(Cl)c1Cl)C(=O)Nc1cc(N2CCCS2(=O)=O)ccc1Cl. The van der Waals surface area contributed by atoms with Crippen LogP contribution >= 0.6 is 34.8 Å². The summed E-state index contributed by atoms with van der Waals surface area (Å²) >= 11 is 18.2. The van der Waals surface area contributed by atoms with E-state index in [0.717, 1.165) is 0 Å². The Balaban J connectivity index is 1.76. The number of anilines is 2. The van der Waals surface area contributed by atoms with Crippen LogP contribution in [0, 0.1) is 0 Å². The van der Waals surface area contributed by atoms with Crippen molar-refractivity contribution >= 4 is 62.1 Å². The van der Waals surface area contributed by atoms with E-state index in [1.165, 1.54) is 10.4 Å². The fourth-order valence-corrected chi connectivity index (χ4v) is 4.80. The molecule has 1 heterocycles. The first-order chi connectivity index (χ1) is 13.2. The minimum absolute atomic E-state index is 0.0998. The Morgan fingerprint density at radius 1 is 1.18 bits per heavy atom. The van der Waals surface area contributed by atoms with E-state index in [9.17, 15) is 13.2 Å². The summed E-state index contributed by atoms with van der Waals surface area (Å²) in [5, 5.41) is 3.47. The molecule has 1 amide bonds. The lowest BCUT2D eigenvalue weighted by molar-refractivity contribution is -0.122. The monoisotopic (exact) mass is 462 g/mol. The van der Waals surface area contributed by atoms with E-state index in [2.05, 4.69) is 5.32 Å². The predicted molar refractivity (Wildman–Crippen MR) is 112 cm³/mol. The van der Waals surface area contributed by atoms with Gasteiger partial charge in [-0.3, -0.25) is 9.10 Å². The molecule has 0 bridgehead atoms. The van der Waals surface area contributed by atoms with Crippen LogP contribution < -0.4 is 14.4 Å². The van der Waals surface area contributed by atoms with Gasteiger partial charge in [-0.25, -0.2) is 8.42 Å². The van der Waals surface area contributed by atoms with E-state index >= 15 is 0 Å². The molecule has 6 nitrogen and oxygen atoms in total. The topological polar surface area (TPSA) is 75.7 Å². The summed E-state index contributed by atoms with van der Waals surface area (Å²) in [4.78, 5) is 12.5. The standard InChI is InChI=1S/C18H17Cl3N2O4S/c1-11(27-16-5-2-4-14(20)17(16)21)18(24)22-15-10-12(6-7-13(15)19)23-8-3-9-28(23,25)26/h2,4-7,10-11H,3,8-9H2,1H3,(H,22,24). The highest BCUT2D eigenvalue weighted by Crippen LogP contribution is 2.33. The van der Waals surface area contributed by atoms with Gasteiger partial charge in [-0.05, 0) is 43.7 Å². The van der Waals surface area contributed by atoms with Crippen LogP contribution in [-0.4, -0.2) is 32.7 Å². The molecule has 0 radical (unpaired) electrons. The van der Waals surface area contributed by atoms with Crippen molar-refractivity contribution in [3.63, 3.8) is 0 Å². The summed E-state index contributed by atoms with van der Waals surface area (Å²) in [5.74, 6) is -0.0954. The Hall–Kier alpha value is -1.67. The lowest BCUT2D eigenvalue weighted by Crippen LogP contribution is -2.30. The van der Waals surface area contributed by atoms with Crippen molar-refractivity contribution in [2.24, 2.45) is 0 Å². The number of rotatable bonds is 5. The predicted octanol–water partition coefficient (Wildman–Crippen LogP) is 4.59. The van der Waals surface area contributed by atoms with Gasteiger partial charge in [0, 0.05) is 6.54 Å². The number of ether oxygens (including phenoxy) is 1. The van der Waals surface area contributed by atoms with Gasteiger partial charge < -0.3 is 10.1 Å². The van der Waals surface area contributed by atoms with Crippen molar-refractivity contribution in [3.8, 4) is 5.75 Å². The molecule has 28 heavy (non-hydrogen) atoms. The number of nitrogens with one attached hydrogen (secondary N) is 1. The lowest BCUT2D eigenvalue weighted by Gasteiger charge is -2.20. The molecular weight excluding hydrogens is 447 g/mol. The van der Waals surface area contributed by atoms with E-state index in [-0.39, 0.29) is 21.5 Å². The van der Waals surface area contributed by atoms with Crippen LogP contribution in [0.4, 0.5) is 11.4 Å². The number of hydrogen-bond donors (Lipinski definition) is 1. The molecule has 1 unspecified atom stereocenters. The van der Waals surface area contributed by atoms with E-state index in [0.29, 0.717) is 29.4 Å². The summed E-state index contributed by atoms with van der Waals surface area (Å²) in [5.41, 5.74) is 0.738. The molecule has 0 saturated carbocycles. The fraction of sp³-hybridized carbons (Fsp3) is 0.278. The van der Waals surface area contributed by atoms with E-state index in [1.54, 1.807) is 37.3 Å². The highest BCUT2D eigenvalue weighted by Gasteiger charge is 2.29. The fourth-order valence-electron chi connectivity index (χ4n) is 2.75. The van der Waals surface area contributed by atoms with Crippen LogP contribution in [0.1, 0.15) is 13.3 Å². The Morgan fingerprint density at radius 3 is 2.61 bits per heavy atom. The second-order valence-electron chi connectivity index (χ2n) is 6.21. The Bertz CT molecular complexity index is 1010. The second kappa shape index (κ2) is 8.37. The van der Waals surface area contributed by atoms with E-state index in [1.807, 2.05) is 0 Å². The van der Waals surface area contributed by atoms with Gasteiger partial charge in [-0.15, -0.1) is 0 Å². The summed E-state index contributed by atoms with van der Waals surface area (Å²) in [6.45, 7) is 1.94. The Morgan fingerprint density at radius 2 is 1.93 bits per heavy atom. The maximum atomic E-state index is 12.5. The second-order valence-corrected chi connectivity index (χ2v) is 9.41. The summed E-state index contributed by atoms with van der Waals surface area (Å²) in [6, 6.07) is 9.54. The number of carbonyl (C=O) groups is 1. The number of carbonyl (C=O) groups excluding carboxylic acids is 1. The van der Waals surface area contributed by atoms with Crippen molar-refractivity contribution in [2.75, 3.05) is 21.9 Å². The zero-order valence-electron chi connectivity index (χ0n) is 14.8. The molecule has 1 saturated heterocycles. The maximum absolute atomic E-state index is 12.5. The van der Waals surface area contributed by atoms with Crippen LogP contribution in [-0.2, 0) is 14.8 Å². The van der Waals surface area contributed by atoms with Gasteiger partial charge >= 0.3 is 0 Å². The molecular formula is C18H17Cl3N2O4S. The van der Waals surface area contributed by atoms with Crippen molar-refractivity contribution in [1.29, 1.82) is 0 Å². The molecule has 150 valence electrons. The third-order valence-electron chi connectivity index (χ3n) is 4.18. The van der Waals surface area contributed by atoms with Gasteiger partial charge in [0.05, 0.1) is 27.2 Å². The number of hydrogen-bond acceptors (Lipinski definition) is 4. The zero-order valence-corrected chi connectivity index (χ0v) is 17.9. The molecule has 0 aromatic heterocycles. The van der Waals surface area contributed by atoms with Crippen LogP contribution in [0.2, 0.25) is 15.1 Å². The van der Waals surface area contributed by atoms with E-state index < -0.39 is 22.0 Å². The first-order valence-corrected chi connectivity index (χ1v) is 11.1. The number of amides is 1. The number of sulfonamides is 1. The molecule has 10 heteroatoms. The third kappa shape index (κ3) is 4.49.